The lowest BCUT2D eigenvalue weighted by Gasteiger charge is -2.47. The molecule has 2 saturated heterocycles. The molecule has 0 unspecified atom stereocenters. The van der Waals surface area contributed by atoms with Gasteiger partial charge in [0.25, 0.3) is 0 Å². The van der Waals surface area contributed by atoms with Crippen molar-refractivity contribution in [2.24, 2.45) is 11.8 Å². The third-order valence-electron chi connectivity index (χ3n) is 5.57. The number of carbonyl (C=O) groups excluding carboxylic acids is 1. The Labute approximate surface area is 136 Å². The van der Waals surface area contributed by atoms with Crippen LogP contribution in [-0.4, -0.2) is 52.6 Å². The van der Waals surface area contributed by atoms with E-state index in [1.54, 1.807) is 18.6 Å². The van der Waals surface area contributed by atoms with Crippen LogP contribution in [0.3, 0.4) is 0 Å². The predicted octanol–water partition coefficient (Wildman–Crippen LogP) is 1.69. The molecular formula is C17H24N4O2. The quantitative estimate of drug-likeness (QED) is 0.919. The van der Waals surface area contributed by atoms with Crippen LogP contribution in [0, 0.1) is 11.8 Å². The molecule has 4 rings (SSSR count). The highest BCUT2D eigenvalue weighted by atomic mass is 16.5. The summed E-state index contributed by atoms with van der Waals surface area (Å²) in [6, 6.07) is 0.782. The Kier molecular flexibility index (Phi) is 4.27. The van der Waals surface area contributed by atoms with E-state index in [-0.39, 0.29) is 11.8 Å². The minimum atomic E-state index is -0.0837. The molecule has 1 N–H and O–H groups in total. The molecule has 1 amide bonds. The Bertz CT molecular complexity index is 549. The van der Waals surface area contributed by atoms with Crippen molar-refractivity contribution in [3.05, 3.63) is 18.6 Å². The number of fused-ring (bicyclic) bond motifs is 1. The number of nitrogens with zero attached hydrogens (tertiary/aromatic N) is 3. The van der Waals surface area contributed by atoms with E-state index in [4.69, 9.17) is 4.74 Å². The number of hydrogen-bond donors (Lipinski definition) is 1. The maximum absolute atomic E-state index is 12.5. The van der Waals surface area contributed by atoms with Crippen LogP contribution >= 0.6 is 0 Å². The Morgan fingerprint density at radius 2 is 2.22 bits per heavy atom. The molecule has 0 radical (unpaired) electrons. The number of amides is 1. The molecule has 6 heteroatoms. The highest BCUT2D eigenvalue weighted by Crippen LogP contribution is 2.35. The Balaban J connectivity index is 1.35. The lowest BCUT2D eigenvalue weighted by Crippen LogP contribution is -2.53. The molecule has 0 bridgehead atoms. The highest BCUT2D eigenvalue weighted by molar-refractivity contribution is 5.91. The zero-order chi connectivity index (χ0) is 15.6. The molecule has 0 aromatic carbocycles. The lowest BCUT2D eigenvalue weighted by atomic mass is 9.81. The first-order chi connectivity index (χ1) is 11.3. The molecule has 6 nitrogen and oxygen atoms in total. The number of piperidine rings is 1. The molecule has 1 aromatic rings. The van der Waals surface area contributed by atoms with E-state index in [0.29, 0.717) is 24.4 Å². The van der Waals surface area contributed by atoms with Crippen LogP contribution < -0.4 is 5.32 Å². The van der Waals surface area contributed by atoms with Gasteiger partial charge < -0.3 is 10.1 Å². The van der Waals surface area contributed by atoms with E-state index in [9.17, 15) is 4.79 Å². The second kappa shape index (κ2) is 6.53. The van der Waals surface area contributed by atoms with Crippen LogP contribution in [0.1, 0.15) is 32.1 Å². The van der Waals surface area contributed by atoms with E-state index in [1.807, 2.05) is 0 Å². The molecule has 124 valence electrons. The van der Waals surface area contributed by atoms with E-state index in [2.05, 4.69) is 20.2 Å². The van der Waals surface area contributed by atoms with Gasteiger partial charge in [0, 0.05) is 31.5 Å². The largest absolute Gasteiger partial charge is 0.377 e. The second-order valence-electron chi connectivity index (χ2n) is 7.01. The summed E-state index contributed by atoms with van der Waals surface area (Å²) >= 11 is 0. The molecule has 2 aliphatic heterocycles. The first kappa shape index (κ1) is 15.0. The maximum atomic E-state index is 12.5. The van der Waals surface area contributed by atoms with Gasteiger partial charge in [-0.2, -0.15) is 0 Å². The van der Waals surface area contributed by atoms with Gasteiger partial charge in [0.1, 0.15) is 0 Å². The van der Waals surface area contributed by atoms with Gasteiger partial charge in [-0.1, -0.05) is 6.42 Å². The molecule has 1 aromatic heterocycles. The third kappa shape index (κ3) is 3.23. The predicted molar refractivity (Wildman–Crippen MR) is 85.8 cm³/mol. The minimum Gasteiger partial charge on any atom is -0.377 e. The molecule has 0 spiro atoms. The average molecular weight is 316 g/mol. The fraction of sp³-hybridized carbons (Fsp3) is 0.706. The molecule has 3 aliphatic rings. The molecule has 3 heterocycles. The van der Waals surface area contributed by atoms with Crippen molar-refractivity contribution < 1.29 is 9.53 Å². The summed E-state index contributed by atoms with van der Waals surface area (Å²) < 4.78 is 6.01. The van der Waals surface area contributed by atoms with Crippen LogP contribution in [0.5, 0.6) is 0 Å². The summed E-state index contributed by atoms with van der Waals surface area (Å²) in [6.45, 7) is 2.77. The number of ether oxygens (including phenoxy) is 1. The lowest BCUT2D eigenvalue weighted by molar-refractivity contribution is -0.136. The topological polar surface area (TPSA) is 67.3 Å². The van der Waals surface area contributed by atoms with Gasteiger partial charge in [-0.3, -0.25) is 14.7 Å². The fourth-order valence-electron chi connectivity index (χ4n) is 4.02. The number of rotatable bonds is 3. The normalized spacial score (nSPS) is 31.9. The van der Waals surface area contributed by atoms with E-state index in [0.717, 1.165) is 32.0 Å². The Morgan fingerprint density at radius 1 is 1.30 bits per heavy atom. The van der Waals surface area contributed by atoms with Gasteiger partial charge in [-0.25, -0.2) is 4.98 Å². The van der Waals surface area contributed by atoms with Crippen LogP contribution in [0.15, 0.2) is 18.6 Å². The number of nitrogens with one attached hydrogen (secondary N) is 1. The van der Waals surface area contributed by atoms with Crippen LogP contribution in [-0.2, 0) is 9.53 Å². The SMILES string of the molecule is O=C(Nc1cnccn1)[C@H]1CO[C@H]2CCN(C3CCC3)C[C@H]2C1. The van der Waals surface area contributed by atoms with Gasteiger partial charge >= 0.3 is 0 Å². The van der Waals surface area contributed by atoms with Crippen molar-refractivity contribution in [1.82, 2.24) is 14.9 Å². The number of aromatic nitrogens is 2. The van der Waals surface area contributed by atoms with Crippen molar-refractivity contribution in [2.75, 3.05) is 25.0 Å². The average Bonchev–Trinajstić information content (AvgIpc) is 2.53. The van der Waals surface area contributed by atoms with Gasteiger partial charge in [0.15, 0.2) is 5.82 Å². The standard InChI is InChI=1S/C17H24N4O2/c22-17(20-16-9-18-5-6-19-16)13-8-12-10-21(14-2-1-3-14)7-4-15(12)23-11-13/h5-6,9,12-15H,1-4,7-8,10-11H2,(H,19,20,22)/t12-,13-,15+/m1/s1. The fourth-order valence-corrected chi connectivity index (χ4v) is 4.02. The van der Waals surface area contributed by atoms with Crippen molar-refractivity contribution in [3.8, 4) is 0 Å². The first-order valence-electron chi connectivity index (χ1n) is 8.72. The highest BCUT2D eigenvalue weighted by Gasteiger charge is 2.40. The maximum Gasteiger partial charge on any atom is 0.231 e. The summed E-state index contributed by atoms with van der Waals surface area (Å²) in [6.07, 6.45) is 11.2. The van der Waals surface area contributed by atoms with E-state index < -0.39 is 0 Å². The van der Waals surface area contributed by atoms with Crippen LogP contribution in [0.2, 0.25) is 0 Å². The monoisotopic (exact) mass is 316 g/mol. The number of likely N-dealkylation sites (tertiary alicyclic amines) is 1. The van der Waals surface area contributed by atoms with Crippen molar-refractivity contribution in [1.29, 1.82) is 0 Å². The van der Waals surface area contributed by atoms with Crippen LogP contribution in [0.4, 0.5) is 5.82 Å². The first-order valence-corrected chi connectivity index (χ1v) is 8.72. The molecule has 1 aliphatic carbocycles. The summed E-state index contributed by atoms with van der Waals surface area (Å²) in [7, 11) is 0. The van der Waals surface area contributed by atoms with Gasteiger partial charge in [0.2, 0.25) is 5.91 Å². The smallest absolute Gasteiger partial charge is 0.231 e. The van der Waals surface area contributed by atoms with Gasteiger partial charge in [0.05, 0.1) is 24.8 Å². The molecule has 1 saturated carbocycles. The van der Waals surface area contributed by atoms with Gasteiger partial charge in [-0.15, -0.1) is 0 Å². The minimum absolute atomic E-state index is 0.00437. The third-order valence-corrected chi connectivity index (χ3v) is 5.57. The Hall–Kier alpha value is -1.53. The van der Waals surface area contributed by atoms with Crippen molar-refractivity contribution in [3.63, 3.8) is 0 Å². The number of carbonyl (C=O) groups is 1. The summed E-state index contributed by atoms with van der Waals surface area (Å²) in [5.74, 6) is 0.916. The zero-order valence-corrected chi connectivity index (χ0v) is 13.4. The summed E-state index contributed by atoms with van der Waals surface area (Å²) in [4.78, 5) is 23.2. The molecule has 3 atom stereocenters. The van der Waals surface area contributed by atoms with E-state index >= 15 is 0 Å². The van der Waals surface area contributed by atoms with Crippen molar-refractivity contribution in [2.45, 2.75) is 44.2 Å². The second-order valence-corrected chi connectivity index (χ2v) is 7.01. The molecule has 3 fully saturated rings. The Morgan fingerprint density at radius 3 is 2.96 bits per heavy atom. The van der Waals surface area contributed by atoms with Crippen LogP contribution in [0.25, 0.3) is 0 Å². The summed E-state index contributed by atoms with van der Waals surface area (Å²) in [5.41, 5.74) is 0. The summed E-state index contributed by atoms with van der Waals surface area (Å²) in [5, 5.41) is 2.86. The van der Waals surface area contributed by atoms with Gasteiger partial charge in [-0.05, 0) is 31.6 Å². The molecular weight excluding hydrogens is 292 g/mol. The zero-order valence-electron chi connectivity index (χ0n) is 13.4. The number of anilines is 1. The van der Waals surface area contributed by atoms with E-state index in [1.165, 1.54) is 19.3 Å². The molecule has 23 heavy (non-hydrogen) atoms. The number of hydrogen-bond acceptors (Lipinski definition) is 5. The van der Waals surface area contributed by atoms with Crippen molar-refractivity contribution >= 4 is 11.7 Å².